The SMILES string of the molecule is CN(c1ncc2c(n1)COC2)C1CCNC1. The van der Waals surface area contributed by atoms with Crippen LogP contribution in [0.2, 0.25) is 0 Å². The highest BCUT2D eigenvalue weighted by atomic mass is 16.5. The summed E-state index contributed by atoms with van der Waals surface area (Å²) in [5, 5.41) is 3.35. The maximum absolute atomic E-state index is 5.34. The van der Waals surface area contributed by atoms with Gasteiger partial charge in [0.05, 0.1) is 18.9 Å². The first-order valence-corrected chi connectivity index (χ1v) is 5.70. The minimum Gasteiger partial charge on any atom is -0.370 e. The van der Waals surface area contributed by atoms with Crippen molar-refractivity contribution in [1.82, 2.24) is 15.3 Å². The minimum atomic E-state index is 0.514. The van der Waals surface area contributed by atoms with Crippen molar-refractivity contribution in [3.8, 4) is 0 Å². The van der Waals surface area contributed by atoms with Crippen LogP contribution in [-0.4, -0.2) is 36.1 Å². The van der Waals surface area contributed by atoms with Crippen LogP contribution in [0.25, 0.3) is 0 Å². The van der Waals surface area contributed by atoms with Crippen LogP contribution in [0.5, 0.6) is 0 Å². The Morgan fingerprint density at radius 2 is 2.44 bits per heavy atom. The number of fused-ring (bicyclic) bond motifs is 1. The zero-order valence-electron chi connectivity index (χ0n) is 9.44. The van der Waals surface area contributed by atoms with E-state index in [1.54, 1.807) is 0 Å². The molecule has 1 saturated heterocycles. The molecule has 1 atom stereocenters. The molecule has 0 bridgehead atoms. The van der Waals surface area contributed by atoms with Crippen LogP contribution in [0.3, 0.4) is 0 Å². The highest BCUT2D eigenvalue weighted by Gasteiger charge is 2.22. The largest absolute Gasteiger partial charge is 0.370 e. The molecule has 3 heterocycles. The van der Waals surface area contributed by atoms with Gasteiger partial charge in [-0.05, 0) is 13.0 Å². The molecule has 86 valence electrons. The highest BCUT2D eigenvalue weighted by Crippen LogP contribution is 2.20. The molecule has 16 heavy (non-hydrogen) atoms. The lowest BCUT2D eigenvalue weighted by atomic mass is 10.2. The predicted octanol–water partition coefficient (Wildman–Crippen LogP) is 0.305. The van der Waals surface area contributed by atoms with Crippen LogP contribution >= 0.6 is 0 Å². The number of likely N-dealkylation sites (N-methyl/N-ethyl adjacent to an activating group) is 1. The van der Waals surface area contributed by atoms with E-state index in [9.17, 15) is 0 Å². The van der Waals surface area contributed by atoms with Crippen molar-refractivity contribution in [2.24, 2.45) is 0 Å². The van der Waals surface area contributed by atoms with Gasteiger partial charge in [0.15, 0.2) is 0 Å². The van der Waals surface area contributed by atoms with Gasteiger partial charge in [-0.2, -0.15) is 0 Å². The lowest BCUT2D eigenvalue weighted by Crippen LogP contribution is -2.34. The summed E-state index contributed by atoms with van der Waals surface area (Å²) in [4.78, 5) is 11.1. The van der Waals surface area contributed by atoms with E-state index >= 15 is 0 Å². The second kappa shape index (κ2) is 3.99. The molecule has 0 aliphatic carbocycles. The molecule has 1 unspecified atom stereocenters. The Morgan fingerprint density at radius 1 is 1.50 bits per heavy atom. The fraction of sp³-hybridized carbons (Fsp3) is 0.636. The molecule has 5 heteroatoms. The van der Waals surface area contributed by atoms with Crippen molar-refractivity contribution in [2.45, 2.75) is 25.7 Å². The normalized spacial score (nSPS) is 23.4. The summed E-state index contributed by atoms with van der Waals surface area (Å²) >= 11 is 0. The van der Waals surface area contributed by atoms with Gasteiger partial charge >= 0.3 is 0 Å². The van der Waals surface area contributed by atoms with E-state index in [0.717, 1.165) is 36.7 Å². The molecule has 1 N–H and O–H groups in total. The summed E-state index contributed by atoms with van der Waals surface area (Å²) in [7, 11) is 2.06. The van der Waals surface area contributed by atoms with Gasteiger partial charge < -0.3 is 15.0 Å². The quantitative estimate of drug-likeness (QED) is 0.777. The molecule has 0 aromatic carbocycles. The molecule has 0 amide bonds. The van der Waals surface area contributed by atoms with Crippen molar-refractivity contribution < 1.29 is 4.74 Å². The Bertz CT molecular complexity index is 390. The van der Waals surface area contributed by atoms with Crippen molar-refractivity contribution in [3.05, 3.63) is 17.5 Å². The Hall–Kier alpha value is -1.20. The van der Waals surface area contributed by atoms with E-state index in [-0.39, 0.29) is 0 Å². The van der Waals surface area contributed by atoms with Crippen LogP contribution in [0, 0.1) is 0 Å². The predicted molar refractivity (Wildman–Crippen MR) is 60.2 cm³/mol. The molecule has 0 spiro atoms. The summed E-state index contributed by atoms with van der Waals surface area (Å²) in [5.74, 6) is 0.818. The topological polar surface area (TPSA) is 50.3 Å². The van der Waals surface area contributed by atoms with Crippen LogP contribution in [-0.2, 0) is 18.0 Å². The number of anilines is 1. The van der Waals surface area contributed by atoms with Gasteiger partial charge in [-0.3, -0.25) is 0 Å². The zero-order valence-corrected chi connectivity index (χ0v) is 9.44. The van der Waals surface area contributed by atoms with Crippen LogP contribution in [0.4, 0.5) is 5.95 Å². The second-order valence-electron chi connectivity index (χ2n) is 4.39. The average molecular weight is 220 g/mol. The van der Waals surface area contributed by atoms with Crippen LogP contribution < -0.4 is 10.2 Å². The van der Waals surface area contributed by atoms with Crippen LogP contribution in [0.1, 0.15) is 17.7 Å². The summed E-state index contributed by atoms with van der Waals surface area (Å²) in [6, 6.07) is 0.514. The number of aromatic nitrogens is 2. The van der Waals surface area contributed by atoms with Gasteiger partial charge in [0, 0.05) is 31.4 Å². The molecule has 5 nitrogen and oxygen atoms in total. The Labute approximate surface area is 94.8 Å². The third-order valence-electron chi connectivity index (χ3n) is 3.34. The summed E-state index contributed by atoms with van der Waals surface area (Å²) < 4.78 is 5.34. The van der Waals surface area contributed by atoms with Gasteiger partial charge in [0.25, 0.3) is 0 Å². The first-order chi connectivity index (χ1) is 7.84. The van der Waals surface area contributed by atoms with Crippen LogP contribution in [0.15, 0.2) is 6.20 Å². The summed E-state index contributed by atoms with van der Waals surface area (Å²) in [6.45, 7) is 3.39. The molecule has 0 saturated carbocycles. The molecular weight excluding hydrogens is 204 g/mol. The standard InChI is InChI=1S/C11H16N4O/c1-15(9-2-3-12-5-9)11-13-4-8-6-16-7-10(8)14-11/h4,9,12H,2-3,5-7H2,1H3. The molecule has 2 aliphatic rings. The molecule has 0 radical (unpaired) electrons. The zero-order chi connectivity index (χ0) is 11.0. The molecular formula is C11H16N4O. The highest BCUT2D eigenvalue weighted by molar-refractivity contribution is 5.34. The van der Waals surface area contributed by atoms with E-state index < -0.39 is 0 Å². The van der Waals surface area contributed by atoms with E-state index in [1.165, 1.54) is 0 Å². The molecule has 1 aromatic heterocycles. The van der Waals surface area contributed by atoms with Gasteiger partial charge in [0.1, 0.15) is 0 Å². The van der Waals surface area contributed by atoms with Gasteiger partial charge in [-0.1, -0.05) is 0 Å². The Morgan fingerprint density at radius 3 is 3.25 bits per heavy atom. The minimum absolute atomic E-state index is 0.514. The lowest BCUT2D eigenvalue weighted by Gasteiger charge is -2.23. The molecule has 2 aliphatic heterocycles. The lowest BCUT2D eigenvalue weighted by molar-refractivity contribution is 0.133. The number of ether oxygens (including phenoxy) is 1. The van der Waals surface area contributed by atoms with Crippen molar-refractivity contribution >= 4 is 5.95 Å². The Kier molecular flexibility index (Phi) is 2.49. The fourth-order valence-corrected chi connectivity index (χ4v) is 2.24. The summed E-state index contributed by atoms with van der Waals surface area (Å²) in [6.07, 6.45) is 3.05. The van der Waals surface area contributed by atoms with Gasteiger partial charge in [-0.25, -0.2) is 9.97 Å². The third-order valence-corrected chi connectivity index (χ3v) is 3.34. The molecule has 3 rings (SSSR count). The third kappa shape index (κ3) is 1.66. The number of nitrogens with zero attached hydrogens (tertiary/aromatic N) is 3. The van der Waals surface area contributed by atoms with Gasteiger partial charge in [-0.15, -0.1) is 0 Å². The number of rotatable bonds is 2. The summed E-state index contributed by atoms with van der Waals surface area (Å²) in [5.41, 5.74) is 2.17. The van der Waals surface area contributed by atoms with E-state index in [0.29, 0.717) is 19.3 Å². The number of nitrogens with one attached hydrogen (secondary N) is 1. The second-order valence-corrected chi connectivity index (χ2v) is 4.39. The average Bonchev–Trinajstić information content (AvgIpc) is 2.98. The van der Waals surface area contributed by atoms with Crippen molar-refractivity contribution in [1.29, 1.82) is 0 Å². The van der Waals surface area contributed by atoms with E-state index in [4.69, 9.17) is 4.74 Å². The fourth-order valence-electron chi connectivity index (χ4n) is 2.24. The smallest absolute Gasteiger partial charge is 0.225 e. The first-order valence-electron chi connectivity index (χ1n) is 5.70. The number of hydrogen-bond acceptors (Lipinski definition) is 5. The first kappa shape index (κ1) is 9.99. The van der Waals surface area contributed by atoms with E-state index in [2.05, 4.69) is 27.2 Å². The monoisotopic (exact) mass is 220 g/mol. The molecule has 1 fully saturated rings. The van der Waals surface area contributed by atoms with E-state index in [1.807, 2.05) is 6.20 Å². The molecule has 1 aromatic rings. The Balaban J connectivity index is 1.83. The van der Waals surface area contributed by atoms with Crippen molar-refractivity contribution in [3.63, 3.8) is 0 Å². The van der Waals surface area contributed by atoms with Crippen molar-refractivity contribution in [2.75, 3.05) is 25.0 Å². The number of hydrogen-bond donors (Lipinski definition) is 1. The maximum Gasteiger partial charge on any atom is 0.225 e. The maximum atomic E-state index is 5.34. The van der Waals surface area contributed by atoms with Gasteiger partial charge in [0.2, 0.25) is 5.95 Å².